The maximum absolute atomic E-state index is 14.4. The quantitative estimate of drug-likeness (QED) is 0.638. The fourth-order valence-electron chi connectivity index (χ4n) is 2.91. The Balaban J connectivity index is 1.99. The van der Waals surface area contributed by atoms with Crippen LogP contribution < -0.4 is 10.9 Å². The fraction of sp³-hybridized carbons (Fsp3) is 0.190. The zero-order chi connectivity index (χ0) is 21.9. The number of aromatic nitrogens is 2. The van der Waals surface area contributed by atoms with Crippen LogP contribution in [0.2, 0.25) is 0 Å². The average molecular weight is 419 g/mol. The Morgan fingerprint density at radius 1 is 1.13 bits per heavy atom. The lowest BCUT2D eigenvalue weighted by molar-refractivity contribution is -0.137. The fourth-order valence-corrected chi connectivity index (χ4v) is 2.91. The maximum Gasteiger partial charge on any atom is 0.416 e. The number of nitrogens with one attached hydrogen (secondary N) is 1. The van der Waals surface area contributed by atoms with E-state index in [-0.39, 0.29) is 22.4 Å². The van der Waals surface area contributed by atoms with Crippen molar-refractivity contribution in [3.05, 3.63) is 99.5 Å². The molecule has 5 nitrogen and oxygen atoms in total. The van der Waals surface area contributed by atoms with E-state index in [1.165, 1.54) is 35.2 Å². The number of alkyl halides is 3. The molecule has 3 rings (SSSR count). The second-order valence-electron chi connectivity index (χ2n) is 6.44. The van der Waals surface area contributed by atoms with Crippen molar-refractivity contribution in [1.29, 1.82) is 0 Å². The summed E-state index contributed by atoms with van der Waals surface area (Å²) in [4.78, 5) is 28.4. The Hall–Kier alpha value is -3.49. The Morgan fingerprint density at radius 2 is 1.83 bits per heavy atom. The number of nitrogens with zero attached hydrogens (tertiary/aromatic N) is 2. The monoisotopic (exact) mass is 419 g/mol. The summed E-state index contributed by atoms with van der Waals surface area (Å²) in [6.07, 6.45) is -1.85. The van der Waals surface area contributed by atoms with Crippen molar-refractivity contribution in [1.82, 2.24) is 14.9 Å². The number of pyridine rings is 2. The number of hydrogen-bond acceptors (Lipinski definition) is 3. The molecule has 1 amide bonds. The van der Waals surface area contributed by atoms with Crippen LogP contribution in [0.15, 0.2) is 65.7 Å². The van der Waals surface area contributed by atoms with E-state index in [4.69, 9.17) is 0 Å². The maximum atomic E-state index is 14.4. The highest BCUT2D eigenvalue weighted by atomic mass is 19.4. The standard InChI is InChI=1S/C21H17F4N3O2/c1-2-28-12-14(7-10-17(28)29)20(30)27-18(19-16(22)4-3-11-26-19)13-5-8-15(9-6-13)21(23,24)25/h3-12,18H,2H2,1H3,(H,27,30). The van der Waals surface area contributed by atoms with Gasteiger partial charge >= 0.3 is 6.18 Å². The minimum absolute atomic E-state index is 0.143. The van der Waals surface area contributed by atoms with Gasteiger partial charge in [-0.05, 0) is 42.8 Å². The van der Waals surface area contributed by atoms with Crippen LogP contribution in [0.25, 0.3) is 0 Å². The number of halogens is 4. The molecule has 1 N–H and O–H groups in total. The molecule has 0 bridgehead atoms. The molecule has 0 radical (unpaired) electrons. The summed E-state index contributed by atoms with van der Waals surface area (Å²) in [6, 6.07) is 7.95. The number of hydrogen-bond donors (Lipinski definition) is 1. The number of rotatable bonds is 5. The van der Waals surface area contributed by atoms with Crippen molar-refractivity contribution in [3.63, 3.8) is 0 Å². The van der Waals surface area contributed by atoms with E-state index < -0.39 is 29.5 Å². The molecule has 156 valence electrons. The highest BCUT2D eigenvalue weighted by molar-refractivity contribution is 5.94. The summed E-state index contributed by atoms with van der Waals surface area (Å²) < 4.78 is 54.3. The largest absolute Gasteiger partial charge is 0.416 e. The summed E-state index contributed by atoms with van der Waals surface area (Å²) in [5.41, 5.74) is -0.936. The van der Waals surface area contributed by atoms with Crippen LogP contribution in [0.3, 0.4) is 0 Å². The van der Waals surface area contributed by atoms with Gasteiger partial charge in [0.25, 0.3) is 11.5 Å². The van der Waals surface area contributed by atoms with Crippen molar-refractivity contribution >= 4 is 5.91 Å². The highest BCUT2D eigenvalue weighted by Gasteiger charge is 2.31. The Bertz CT molecular complexity index is 1110. The number of benzene rings is 1. The first-order valence-electron chi connectivity index (χ1n) is 8.99. The number of carbonyl (C=O) groups excluding carboxylic acids is 1. The van der Waals surface area contributed by atoms with E-state index >= 15 is 0 Å². The molecule has 0 saturated heterocycles. The zero-order valence-electron chi connectivity index (χ0n) is 15.8. The predicted molar refractivity (Wildman–Crippen MR) is 101 cm³/mol. The lowest BCUT2D eigenvalue weighted by Gasteiger charge is -2.20. The van der Waals surface area contributed by atoms with E-state index in [0.717, 1.165) is 30.3 Å². The van der Waals surface area contributed by atoms with E-state index in [1.807, 2.05) is 0 Å². The Labute approximate surface area is 169 Å². The molecule has 30 heavy (non-hydrogen) atoms. The lowest BCUT2D eigenvalue weighted by atomic mass is 10.0. The molecule has 2 heterocycles. The molecule has 1 aromatic carbocycles. The second kappa shape index (κ2) is 8.48. The van der Waals surface area contributed by atoms with Gasteiger partial charge in [-0.3, -0.25) is 14.6 Å². The molecule has 0 fully saturated rings. The van der Waals surface area contributed by atoms with E-state index in [9.17, 15) is 27.2 Å². The molecule has 0 aliphatic rings. The van der Waals surface area contributed by atoms with Crippen molar-refractivity contribution in [2.45, 2.75) is 25.7 Å². The van der Waals surface area contributed by atoms with Crippen LogP contribution in [0.5, 0.6) is 0 Å². The summed E-state index contributed by atoms with van der Waals surface area (Å²) >= 11 is 0. The van der Waals surface area contributed by atoms with Gasteiger partial charge < -0.3 is 9.88 Å². The van der Waals surface area contributed by atoms with Gasteiger partial charge in [0.05, 0.1) is 17.2 Å². The predicted octanol–water partition coefficient (Wildman–Crippen LogP) is 3.94. The van der Waals surface area contributed by atoms with Gasteiger partial charge in [0.1, 0.15) is 11.5 Å². The minimum atomic E-state index is -4.53. The van der Waals surface area contributed by atoms with Gasteiger partial charge in [-0.25, -0.2) is 4.39 Å². The van der Waals surface area contributed by atoms with Gasteiger partial charge in [0.15, 0.2) is 0 Å². The summed E-state index contributed by atoms with van der Waals surface area (Å²) in [5, 5.41) is 2.60. The molecule has 0 aliphatic heterocycles. The SMILES string of the molecule is CCn1cc(C(=O)NC(c2ccc(C(F)(F)F)cc2)c2ncccc2F)ccc1=O. The van der Waals surface area contributed by atoms with E-state index in [0.29, 0.717) is 6.54 Å². The van der Waals surface area contributed by atoms with Crippen molar-refractivity contribution < 1.29 is 22.4 Å². The Morgan fingerprint density at radius 3 is 2.43 bits per heavy atom. The minimum Gasteiger partial charge on any atom is -0.339 e. The van der Waals surface area contributed by atoms with E-state index in [1.54, 1.807) is 6.92 Å². The first kappa shape index (κ1) is 21.2. The van der Waals surface area contributed by atoms with Crippen molar-refractivity contribution in [2.24, 2.45) is 0 Å². The average Bonchev–Trinajstić information content (AvgIpc) is 2.72. The molecule has 1 atom stereocenters. The van der Waals surface area contributed by atoms with Crippen LogP contribution in [0.1, 0.15) is 40.1 Å². The van der Waals surface area contributed by atoms with Crippen LogP contribution in [0, 0.1) is 5.82 Å². The summed E-state index contributed by atoms with van der Waals surface area (Å²) in [7, 11) is 0. The van der Waals surface area contributed by atoms with Crippen LogP contribution >= 0.6 is 0 Å². The van der Waals surface area contributed by atoms with Gasteiger partial charge in [-0.2, -0.15) is 13.2 Å². The molecular formula is C21H17F4N3O2. The first-order valence-corrected chi connectivity index (χ1v) is 8.99. The molecule has 0 spiro atoms. The lowest BCUT2D eigenvalue weighted by Crippen LogP contribution is -2.32. The summed E-state index contributed by atoms with van der Waals surface area (Å²) in [5.74, 6) is -1.35. The Kier molecular flexibility index (Phi) is 6.00. The molecule has 1 unspecified atom stereocenters. The molecular weight excluding hydrogens is 402 g/mol. The van der Waals surface area contributed by atoms with Crippen LogP contribution in [0.4, 0.5) is 17.6 Å². The van der Waals surface area contributed by atoms with E-state index in [2.05, 4.69) is 10.3 Å². The third kappa shape index (κ3) is 4.56. The van der Waals surface area contributed by atoms with Gasteiger partial charge in [-0.15, -0.1) is 0 Å². The van der Waals surface area contributed by atoms with Crippen molar-refractivity contribution in [2.75, 3.05) is 0 Å². The van der Waals surface area contributed by atoms with Crippen LogP contribution in [-0.4, -0.2) is 15.5 Å². The normalized spacial score (nSPS) is 12.4. The number of amides is 1. The molecule has 0 aliphatic carbocycles. The molecule has 2 aromatic heterocycles. The molecule has 3 aromatic rings. The van der Waals surface area contributed by atoms with Gasteiger partial charge in [-0.1, -0.05) is 12.1 Å². The highest BCUT2D eigenvalue weighted by Crippen LogP contribution is 2.31. The smallest absolute Gasteiger partial charge is 0.339 e. The van der Waals surface area contributed by atoms with Gasteiger partial charge in [0, 0.05) is 25.0 Å². The first-order chi connectivity index (χ1) is 14.2. The second-order valence-corrected chi connectivity index (χ2v) is 6.44. The third-order valence-electron chi connectivity index (χ3n) is 4.49. The van der Waals surface area contributed by atoms with Crippen LogP contribution in [-0.2, 0) is 12.7 Å². The van der Waals surface area contributed by atoms with Gasteiger partial charge in [0.2, 0.25) is 0 Å². The zero-order valence-corrected chi connectivity index (χ0v) is 15.8. The van der Waals surface area contributed by atoms with Crippen molar-refractivity contribution in [3.8, 4) is 0 Å². The topological polar surface area (TPSA) is 64.0 Å². The number of aryl methyl sites for hydroxylation is 1. The summed E-state index contributed by atoms with van der Waals surface area (Å²) in [6.45, 7) is 2.08. The molecule has 9 heteroatoms. The number of carbonyl (C=O) groups is 1. The molecule has 0 saturated carbocycles. The third-order valence-corrected chi connectivity index (χ3v) is 4.49.